The second kappa shape index (κ2) is 7.64. The highest BCUT2D eigenvalue weighted by molar-refractivity contribution is 5.78. The summed E-state index contributed by atoms with van der Waals surface area (Å²) in [6, 6.07) is 0.209. The molecule has 1 rings (SSSR count). The Morgan fingerprint density at radius 2 is 1.76 bits per heavy atom. The summed E-state index contributed by atoms with van der Waals surface area (Å²) in [6.45, 7) is 12.6. The van der Waals surface area contributed by atoms with Crippen LogP contribution in [0.5, 0.6) is 0 Å². The van der Waals surface area contributed by atoms with Crippen molar-refractivity contribution in [3.8, 4) is 0 Å². The molecule has 122 valence electrons. The number of ether oxygens (including phenoxy) is 1. The number of carbonyl (C=O) groups excluding carboxylic acids is 2. The Morgan fingerprint density at radius 1 is 1.19 bits per heavy atom. The highest BCUT2D eigenvalue weighted by Gasteiger charge is 2.26. The number of rotatable bonds is 4. The molecule has 0 aromatic heterocycles. The second-order valence-electron chi connectivity index (χ2n) is 6.62. The van der Waals surface area contributed by atoms with E-state index in [4.69, 9.17) is 4.74 Å². The molecule has 6 heteroatoms. The Labute approximate surface area is 127 Å². The minimum Gasteiger partial charge on any atom is -0.444 e. The Morgan fingerprint density at radius 3 is 2.24 bits per heavy atom. The minimum absolute atomic E-state index is 0.0510. The first-order valence-corrected chi connectivity index (χ1v) is 7.71. The van der Waals surface area contributed by atoms with Gasteiger partial charge in [0.1, 0.15) is 5.60 Å². The van der Waals surface area contributed by atoms with Crippen LogP contribution in [0.25, 0.3) is 0 Å². The van der Waals surface area contributed by atoms with Crippen LogP contribution in [0.3, 0.4) is 0 Å². The number of hydrogen-bond donors (Lipinski definition) is 1. The summed E-state index contributed by atoms with van der Waals surface area (Å²) in [5.74, 6) is 0.0510. The van der Waals surface area contributed by atoms with Crippen LogP contribution >= 0.6 is 0 Å². The van der Waals surface area contributed by atoms with E-state index in [0.717, 1.165) is 6.42 Å². The van der Waals surface area contributed by atoms with E-state index in [2.05, 4.69) is 10.2 Å². The molecule has 0 aromatic rings. The molecule has 1 saturated heterocycles. The third kappa shape index (κ3) is 6.80. The van der Waals surface area contributed by atoms with Crippen LogP contribution in [0.4, 0.5) is 4.79 Å². The normalized spacial score (nSPS) is 18.2. The summed E-state index contributed by atoms with van der Waals surface area (Å²) in [6.07, 6.45) is 0.657. The first-order chi connectivity index (χ1) is 9.71. The Hall–Kier alpha value is -1.30. The van der Waals surface area contributed by atoms with Gasteiger partial charge in [-0.1, -0.05) is 6.92 Å². The van der Waals surface area contributed by atoms with Crippen molar-refractivity contribution >= 4 is 12.0 Å². The average molecular weight is 299 g/mol. The molecule has 1 fully saturated rings. The van der Waals surface area contributed by atoms with E-state index in [1.54, 1.807) is 4.90 Å². The first kappa shape index (κ1) is 17.8. The van der Waals surface area contributed by atoms with Gasteiger partial charge in [-0.15, -0.1) is 0 Å². The zero-order valence-corrected chi connectivity index (χ0v) is 13.9. The third-order valence-electron chi connectivity index (χ3n) is 3.41. The van der Waals surface area contributed by atoms with Gasteiger partial charge in [0.05, 0.1) is 6.54 Å². The Kier molecular flexibility index (Phi) is 6.45. The van der Waals surface area contributed by atoms with Gasteiger partial charge in [-0.05, 0) is 34.1 Å². The van der Waals surface area contributed by atoms with Gasteiger partial charge < -0.3 is 15.0 Å². The number of nitrogens with zero attached hydrogens (tertiary/aromatic N) is 2. The summed E-state index contributed by atoms with van der Waals surface area (Å²) >= 11 is 0. The quantitative estimate of drug-likeness (QED) is 0.853. The van der Waals surface area contributed by atoms with Crippen LogP contribution in [0.1, 0.15) is 41.0 Å². The molecular formula is C15H29N3O3. The van der Waals surface area contributed by atoms with Gasteiger partial charge in [-0.3, -0.25) is 9.69 Å². The van der Waals surface area contributed by atoms with E-state index in [1.807, 2.05) is 34.6 Å². The molecule has 0 bridgehead atoms. The van der Waals surface area contributed by atoms with E-state index in [0.29, 0.717) is 32.7 Å². The molecule has 1 aliphatic heterocycles. The molecule has 21 heavy (non-hydrogen) atoms. The van der Waals surface area contributed by atoms with Gasteiger partial charge in [-0.25, -0.2) is 4.79 Å². The maximum atomic E-state index is 11.9. The smallest absolute Gasteiger partial charge is 0.410 e. The maximum absolute atomic E-state index is 11.9. The molecule has 0 unspecified atom stereocenters. The highest BCUT2D eigenvalue weighted by Crippen LogP contribution is 2.11. The van der Waals surface area contributed by atoms with E-state index >= 15 is 0 Å². The van der Waals surface area contributed by atoms with Crippen LogP contribution in [-0.4, -0.2) is 66.2 Å². The second-order valence-corrected chi connectivity index (χ2v) is 6.62. The van der Waals surface area contributed by atoms with Crippen molar-refractivity contribution in [1.29, 1.82) is 0 Å². The molecular weight excluding hydrogens is 270 g/mol. The standard InChI is InChI=1S/C15H29N3O3/c1-6-12(2)16-13(19)11-17-7-9-18(10-8-17)14(20)21-15(3,4)5/h12H,6-11H2,1-5H3,(H,16,19)/t12-/m1/s1. The van der Waals surface area contributed by atoms with Crippen molar-refractivity contribution in [2.75, 3.05) is 32.7 Å². The summed E-state index contributed by atoms with van der Waals surface area (Å²) < 4.78 is 5.35. The summed E-state index contributed by atoms with van der Waals surface area (Å²) in [5, 5.41) is 2.96. The summed E-state index contributed by atoms with van der Waals surface area (Å²) in [5.41, 5.74) is -0.468. The molecule has 1 heterocycles. The zero-order valence-electron chi connectivity index (χ0n) is 13.9. The number of piperazine rings is 1. The molecule has 0 radical (unpaired) electrons. The predicted octanol–water partition coefficient (Wildman–Crippen LogP) is 1.45. The van der Waals surface area contributed by atoms with Crippen molar-refractivity contribution in [1.82, 2.24) is 15.1 Å². The third-order valence-corrected chi connectivity index (χ3v) is 3.41. The summed E-state index contributed by atoms with van der Waals surface area (Å²) in [7, 11) is 0. The van der Waals surface area contributed by atoms with Crippen LogP contribution in [0, 0.1) is 0 Å². The number of amides is 2. The van der Waals surface area contributed by atoms with Gasteiger partial charge in [0, 0.05) is 32.2 Å². The van der Waals surface area contributed by atoms with Crippen molar-refractivity contribution in [2.45, 2.75) is 52.7 Å². The maximum Gasteiger partial charge on any atom is 0.410 e. The van der Waals surface area contributed by atoms with Gasteiger partial charge in [0.15, 0.2) is 0 Å². The van der Waals surface area contributed by atoms with E-state index in [1.165, 1.54) is 0 Å². The minimum atomic E-state index is -0.468. The summed E-state index contributed by atoms with van der Waals surface area (Å²) in [4.78, 5) is 27.5. The average Bonchev–Trinajstić information content (AvgIpc) is 2.37. The van der Waals surface area contributed by atoms with Crippen molar-refractivity contribution in [2.24, 2.45) is 0 Å². The molecule has 0 aliphatic carbocycles. The predicted molar refractivity (Wildman–Crippen MR) is 82.1 cm³/mol. The lowest BCUT2D eigenvalue weighted by atomic mass is 10.2. The fourth-order valence-electron chi connectivity index (χ4n) is 2.04. The molecule has 1 N–H and O–H groups in total. The number of nitrogens with one attached hydrogen (secondary N) is 1. The van der Waals surface area contributed by atoms with Crippen molar-refractivity contribution < 1.29 is 14.3 Å². The van der Waals surface area contributed by atoms with Gasteiger partial charge >= 0.3 is 6.09 Å². The van der Waals surface area contributed by atoms with Crippen LogP contribution < -0.4 is 5.32 Å². The monoisotopic (exact) mass is 299 g/mol. The van der Waals surface area contributed by atoms with Crippen LogP contribution in [0.2, 0.25) is 0 Å². The van der Waals surface area contributed by atoms with Crippen LogP contribution in [-0.2, 0) is 9.53 Å². The number of carbonyl (C=O) groups is 2. The highest BCUT2D eigenvalue weighted by atomic mass is 16.6. The lowest BCUT2D eigenvalue weighted by molar-refractivity contribution is -0.123. The SMILES string of the molecule is CC[C@@H](C)NC(=O)CN1CCN(C(=O)OC(C)(C)C)CC1. The van der Waals surface area contributed by atoms with Crippen molar-refractivity contribution in [3.63, 3.8) is 0 Å². The molecule has 0 saturated carbocycles. The fourth-order valence-corrected chi connectivity index (χ4v) is 2.04. The molecule has 2 amide bonds. The van der Waals surface area contributed by atoms with Crippen molar-refractivity contribution in [3.05, 3.63) is 0 Å². The van der Waals surface area contributed by atoms with E-state index in [9.17, 15) is 9.59 Å². The number of hydrogen-bond acceptors (Lipinski definition) is 4. The molecule has 0 spiro atoms. The van der Waals surface area contributed by atoms with Gasteiger partial charge in [0.2, 0.25) is 5.91 Å². The van der Waals surface area contributed by atoms with E-state index in [-0.39, 0.29) is 18.0 Å². The lowest BCUT2D eigenvalue weighted by Crippen LogP contribution is -2.52. The Balaban J connectivity index is 2.32. The largest absolute Gasteiger partial charge is 0.444 e. The zero-order chi connectivity index (χ0) is 16.0. The van der Waals surface area contributed by atoms with Crippen LogP contribution in [0.15, 0.2) is 0 Å². The first-order valence-electron chi connectivity index (χ1n) is 7.71. The topological polar surface area (TPSA) is 61.9 Å². The molecule has 1 atom stereocenters. The molecule has 1 aliphatic rings. The van der Waals surface area contributed by atoms with E-state index < -0.39 is 5.60 Å². The van der Waals surface area contributed by atoms with Gasteiger partial charge in [0.25, 0.3) is 0 Å². The Bertz CT molecular complexity index is 358. The van der Waals surface area contributed by atoms with Gasteiger partial charge in [-0.2, -0.15) is 0 Å². The molecule has 0 aromatic carbocycles. The molecule has 6 nitrogen and oxygen atoms in total. The lowest BCUT2D eigenvalue weighted by Gasteiger charge is -2.35. The fraction of sp³-hybridized carbons (Fsp3) is 0.867.